The Morgan fingerprint density at radius 2 is 2.04 bits per heavy atom. The van der Waals surface area contributed by atoms with Crippen molar-refractivity contribution in [3.63, 3.8) is 0 Å². The van der Waals surface area contributed by atoms with E-state index >= 15 is 0 Å². The van der Waals surface area contributed by atoms with Crippen molar-refractivity contribution in [3.05, 3.63) is 57.4 Å². The molecule has 0 fully saturated rings. The van der Waals surface area contributed by atoms with Crippen LogP contribution in [0.5, 0.6) is 0 Å². The van der Waals surface area contributed by atoms with Gasteiger partial charge in [-0.25, -0.2) is 9.97 Å². The third-order valence-corrected chi connectivity index (χ3v) is 6.44. The zero-order valence-corrected chi connectivity index (χ0v) is 17.4. The number of nitrogens with zero attached hydrogens (tertiary/aromatic N) is 2. The summed E-state index contributed by atoms with van der Waals surface area (Å²) in [5, 5.41) is 6.63. The largest absolute Gasteiger partial charge is 0.397 e. The number of hydrogen-bond donors (Lipinski definition) is 2. The van der Waals surface area contributed by atoms with Crippen LogP contribution in [0.3, 0.4) is 0 Å². The van der Waals surface area contributed by atoms with Crippen LogP contribution in [0, 0.1) is 0 Å². The predicted octanol–water partition coefficient (Wildman–Crippen LogP) is 5.86. The van der Waals surface area contributed by atoms with Crippen molar-refractivity contribution in [2.24, 2.45) is 0 Å². The fourth-order valence-electron chi connectivity index (χ4n) is 2.88. The van der Waals surface area contributed by atoms with Crippen molar-refractivity contribution in [1.29, 1.82) is 0 Å². The van der Waals surface area contributed by atoms with Gasteiger partial charge in [0.05, 0.1) is 11.4 Å². The molecule has 0 unspecified atom stereocenters. The minimum Gasteiger partial charge on any atom is -0.397 e. The molecule has 0 aliphatic carbocycles. The average molecular weight is 429 g/mol. The summed E-state index contributed by atoms with van der Waals surface area (Å²) in [6.07, 6.45) is 1.92. The van der Waals surface area contributed by atoms with Crippen molar-refractivity contribution in [3.8, 4) is 11.3 Å². The summed E-state index contributed by atoms with van der Waals surface area (Å²) >= 11 is 8.88. The Bertz CT molecular complexity index is 1170. The number of pyridine rings is 1. The van der Waals surface area contributed by atoms with Crippen LogP contribution in [0.2, 0.25) is 5.02 Å². The number of nitrogens with two attached hydrogens (primary N) is 1. The molecule has 0 spiro atoms. The molecule has 0 atom stereocenters. The predicted molar refractivity (Wildman–Crippen MR) is 119 cm³/mol. The van der Waals surface area contributed by atoms with Gasteiger partial charge >= 0.3 is 0 Å². The third kappa shape index (κ3) is 3.61. The SMILES string of the molecule is CCCc1ccc2c(N)c(C(=O)Nc3nc(-c4ccccc4Cl)cs3)sc2n1. The molecule has 0 saturated carbocycles. The Kier molecular flexibility index (Phi) is 5.30. The summed E-state index contributed by atoms with van der Waals surface area (Å²) in [6, 6.07) is 11.4. The topological polar surface area (TPSA) is 80.9 Å². The summed E-state index contributed by atoms with van der Waals surface area (Å²) in [5.41, 5.74) is 9.22. The summed E-state index contributed by atoms with van der Waals surface area (Å²) in [7, 11) is 0. The fraction of sp³-hybridized carbons (Fsp3) is 0.150. The molecule has 1 amide bonds. The van der Waals surface area contributed by atoms with Gasteiger partial charge in [0.25, 0.3) is 5.91 Å². The summed E-state index contributed by atoms with van der Waals surface area (Å²) in [5.74, 6) is -0.280. The minimum atomic E-state index is -0.280. The third-order valence-electron chi connectivity index (χ3n) is 4.24. The molecule has 0 bridgehead atoms. The van der Waals surface area contributed by atoms with E-state index in [-0.39, 0.29) is 5.91 Å². The molecule has 142 valence electrons. The highest BCUT2D eigenvalue weighted by atomic mass is 35.5. The number of benzene rings is 1. The van der Waals surface area contributed by atoms with E-state index in [9.17, 15) is 4.79 Å². The molecular formula is C20H17ClN4OS2. The van der Waals surface area contributed by atoms with Gasteiger partial charge in [-0.05, 0) is 24.6 Å². The highest BCUT2D eigenvalue weighted by Crippen LogP contribution is 2.34. The van der Waals surface area contributed by atoms with E-state index in [0.29, 0.717) is 20.7 Å². The molecule has 4 rings (SSSR count). The lowest BCUT2D eigenvalue weighted by Gasteiger charge is -2.01. The Morgan fingerprint density at radius 1 is 1.21 bits per heavy atom. The minimum absolute atomic E-state index is 0.280. The number of halogens is 1. The molecule has 5 nitrogen and oxygen atoms in total. The summed E-state index contributed by atoms with van der Waals surface area (Å²) in [6.45, 7) is 2.11. The van der Waals surface area contributed by atoms with Gasteiger partial charge in [-0.15, -0.1) is 22.7 Å². The first-order chi connectivity index (χ1) is 13.6. The van der Waals surface area contributed by atoms with Crippen LogP contribution in [-0.2, 0) is 6.42 Å². The van der Waals surface area contributed by atoms with Gasteiger partial charge in [-0.2, -0.15) is 0 Å². The van der Waals surface area contributed by atoms with Crippen molar-refractivity contribution >= 4 is 61.2 Å². The molecule has 0 aliphatic rings. The van der Waals surface area contributed by atoms with Gasteiger partial charge in [0.1, 0.15) is 9.71 Å². The Morgan fingerprint density at radius 3 is 2.82 bits per heavy atom. The standard InChI is InChI=1S/C20H17ClN4OS2/c1-2-5-11-8-9-13-16(22)17(28-19(13)23-11)18(26)25-20-24-15(10-27-20)12-6-3-4-7-14(12)21/h3-4,6-10H,2,5,22H2,1H3,(H,24,25,26). The first-order valence-electron chi connectivity index (χ1n) is 8.76. The van der Waals surface area contributed by atoms with Gasteiger partial charge in [-0.3, -0.25) is 10.1 Å². The molecule has 3 aromatic heterocycles. The number of aryl methyl sites for hydroxylation is 1. The average Bonchev–Trinajstić information content (AvgIpc) is 3.27. The van der Waals surface area contributed by atoms with E-state index in [4.69, 9.17) is 17.3 Å². The maximum atomic E-state index is 12.8. The smallest absolute Gasteiger partial charge is 0.269 e. The van der Waals surface area contributed by atoms with Crippen LogP contribution in [0.15, 0.2) is 41.8 Å². The van der Waals surface area contributed by atoms with Crippen molar-refractivity contribution in [1.82, 2.24) is 9.97 Å². The van der Waals surface area contributed by atoms with Gasteiger partial charge in [0, 0.05) is 27.0 Å². The second kappa shape index (κ2) is 7.87. The number of thiazole rings is 1. The monoisotopic (exact) mass is 428 g/mol. The number of nitrogens with one attached hydrogen (secondary N) is 1. The molecule has 0 saturated heterocycles. The molecule has 3 N–H and O–H groups in total. The molecular weight excluding hydrogens is 412 g/mol. The van der Waals surface area contributed by atoms with Crippen LogP contribution in [0.4, 0.5) is 10.8 Å². The van der Waals surface area contributed by atoms with Crippen molar-refractivity contribution in [2.75, 3.05) is 11.1 Å². The molecule has 0 radical (unpaired) electrons. The second-order valence-electron chi connectivity index (χ2n) is 6.22. The molecule has 3 heterocycles. The second-order valence-corrected chi connectivity index (χ2v) is 8.49. The fourth-order valence-corrected chi connectivity index (χ4v) is 4.82. The molecule has 0 aliphatic heterocycles. The highest BCUT2D eigenvalue weighted by Gasteiger charge is 2.19. The number of carbonyl (C=O) groups is 1. The lowest BCUT2D eigenvalue weighted by Crippen LogP contribution is -2.11. The molecule has 1 aromatic carbocycles. The van der Waals surface area contributed by atoms with Gasteiger partial charge in [0.15, 0.2) is 5.13 Å². The molecule has 8 heteroatoms. The quantitative estimate of drug-likeness (QED) is 0.417. The van der Waals surface area contributed by atoms with Crippen LogP contribution in [0.1, 0.15) is 28.7 Å². The number of fused-ring (bicyclic) bond motifs is 1. The van der Waals surface area contributed by atoms with Gasteiger partial charge in [0.2, 0.25) is 0 Å². The Labute approximate surface area is 175 Å². The first-order valence-corrected chi connectivity index (χ1v) is 10.8. The maximum absolute atomic E-state index is 12.8. The number of anilines is 2. The van der Waals surface area contributed by atoms with E-state index in [1.807, 2.05) is 41.8 Å². The number of thiophene rings is 1. The van der Waals surface area contributed by atoms with Crippen LogP contribution < -0.4 is 11.1 Å². The number of nitrogen functional groups attached to an aromatic ring is 1. The Hall–Kier alpha value is -2.48. The van der Waals surface area contributed by atoms with Crippen LogP contribution in [-0.4, -0.2) is 15.9 Å². The normalized spacial score (nSPS) is 11.1. The zero-order valence-electron chi connectivity index (χ0n) is 15.0. The van der Waals surface area contributed by atoms with E-state index < -0.39 is 0 Å². The lowest BCUT2D eigenvalue weighted by molar-refractivity contribution is 0.103. The molecule has 4 aromatic rings. The first kappa shape index (κ1) is 18.9. The number of hydrogen-bond acceptors (Lipinski definition) is 6. The van der Waals surface area contributed by atoms with Gasteiger partial charge in [-0.1, -0.05) is 43.1 Å². The van der Waals surface area contributed by atoms with Gasteiger partial charge < -0.3 is 5.73 Å². The summed E-state index contributed by atoms with van der Waals surface area (Å²) < 4.78 is 0. The van der Waals surface area contributed by atoms with E-state index in [0.717, 1.165) is 40.0 Å². The van der Waals surface area contributed by atoms with Crippen LogP contribution >= 0.6 is 34.3 Å². The Balaban J connectivity index is 1.59. The number of aromatic nitrogens is 2. The van der Waals surface area contributed by atoms with E-state index in [2.05, 4.69) is 22.2 Å². The summed E-state index contributed by atoms with van der Waals surface area (Å²) in [4.78, 5) is 23.1. The molecule has 28 heavy (non-hydrogen) atoms. The van der Waals surface area contributed by atoms with E-state index in [1.54, 1.807) is 0 Å². The van der Waals surface area contributed by atoms with Crippen LogP contribution in [0.25, 0.3) is 21.5 Å². The van der Waals surface area contributed by atoms with E-state index in [1.165, 1.54) is 22.7 Å². The number of rotatable bonds is 5. The maximum Gasteiger partial charge on any atom is 0.269 e. The highest BCUT2D eigenvalue weighted by molar-refractivity contribution is 7.21. The number of amides is 1. The zero-order chi connectivity index (χ0) is 19.7. The van der Waals surface area contributed by atoms with Crippen molar-refractivity contribution < 1.29 is 4.79 Å². The number of carbonyl (C=O) groups excluding carboxylic acids is 1. The lowest BCUT2D eigenvalue weighted by atomic mass is 10.2. The van der Waals surface area contributed by atoms with Crippen molar-refractivity contribution in [2.45, 2.75) is 19.8 Å².